The number of benzene rings is 1. The zero-order chi connectivity index (χ0) is 18.5. The van der Waals surface area contributed by atoms with Crippen molar-refractivity contribution >= 4 is 17.7 Å². The van der Waals surface area contributed by atoms with Gasteiger partial charge >= 0.3 is 0 Å². The van der Waals surface area contributed by atoms with Gasteiger partial charge in [0.05, 0.1) is 6.26 Å². The first-order valence-electron chi connectivity index (χ1n) is 8.50. The third kappa shape index (κ3) is 4.11. The van der Waals surface area contributed by atoms with Crippen molar-refractivity contribution in [3.63, 3.8) is 0 Å². The van der Waals surface area contributed by atoms with E-state index in [0.717, 1.165) is 5.56 Å². The van der Waals surface area contributed by atoms with E-state index in [1.54, 1.807) is 34.1 Å². The van der Waals surface area contributed by atoms with Crippen LogP contribution in [0.2, 0.25) is 0 Å². The lowest BCUT2D eigenvalue weighted by molar-refractivity contribution is -0.119. The summed E-state index contributed by atoms with van der Waals surface area (Å²) >= 11 is 0. The van der Waals surface area contributed by atoms with Crippen LogP contribution in [-0.4, -0.2) is 53.7 Å². The molecule has 1 N–H and O–H groups in total. The van der Waals surface area contributed by atoms with E-state index in [2.05, 4.69) is 5.32 Å². The Labute approximate surface area is 151 Å². The van der Waals surface area contributed by atoms with E-state index in [9.17, 15) is 14.4 Å². The van der Waals surface area contributed by atoms with Gasteiger partial charge in [-0.05, 0) is 29.8 Å². The highest BCUT2D eigenvalue weighted by molar-refractivity contribution is 5.95. The Balaban J connectivity index is 1.55. The maximum Gasteiger partial charge on any atom is 0.289 e. The molecule has 0 saturated carbocycles. The van der Waals surface area contributed by atoms with E-state index in [1.807, 2.05) is 12.1 Å². The van der Waals surface area contributed by atoms with Crippen LogP contribution in [0.15, 0.2) is 47.1 Å². The van der Waals surface area contributed by atoms with Crippen molar-refractivity contribution < 1.29 is 18.8 Å². The van der Waals surface area contributed by atoms with Crippen LogP contribution in [-0.2, 0) is 11.3 Å². The van der Waals surface area contributed by atoms with Gasteiger partial charge in [-0.25, -0.2) is 0 Å². The average molecular weight is 355 g/mol. The number of furan rings is 1. The molecular formula is C19H21N3O4. The molecule has 1 saturated heterocycles. The Morgan fingerprint density at radius 2 is 1.58 bits per heavy atom. The summed E-state index contributed by atoms with van der Waals surface area (Å²) in [4.78, 5) is 39.3. The third-order valence-electron chi connectivity index (χ3n) is 4.33. The van der Waals surface area contributed by atoms with Gasteiger partial charge in [-0.2, -0.15) is 0 Å². The number of rotatable bonds is 4. The molecule has 3 rings (SSSR count). The highest BCUT2D eigenvalue weighted by Gasteiger charge is 2.26. The molecule has 0 atom stereocenters. The van der Waals surface area contributed by atoms with Crippen molar-refractivity contribution in [3.8, 4) is 0 Å². The molecule has 0 aliphatic carbocycles. The van der Waals surface area contributed by atoms with Crippen LogP contribution in [0.25, 0.3) is 0 Å². The van der Waals surface area contributed by atoms with Crippen molar-refractivity contribution in [2.75, 3.05) is 26.2 Å². The van der Waals surface area contributed by atoms with Crippen molar-refractivity contribution in [3.05, 3.63) is 59.5 Å². The number of hydrogen-bond acceptors (Lipinski definition) is 4. The molecule has 136 valence electrons. The molecule has 1 aromatic carbocycles. The first-order chi connectivity index (χ1) is 12.5. The lowest BCUT2D eigenvalue weighted by Crippen LogP contribution is -2.50. The molecule has 7 nitrogen and oxygen atoms in total. The van der Waals surface area contributed by atoms with Gasteiger partial charge in [0.25, 0.3) is 11.8 Å². The Morgan fingerprint density at radius 1 is 0.962 bits per heavy atom. The summed E-state index contributed by atoms with van der Waals surface area (Å²) in [6, 6.07) is 10.5. The Hall–Kier alpha value is -3.09. The second kappa shape index (κ2) is 7.86. The van der Waals surface area contributed by atoms with E-state index >= 15 is 0 Å². The van der Waals surface area contributed by atoms with Gasteiger partial charge in [-0.15, -0.1) is 0 Å². The molecule has 1 aromatic heterocycles. The number of nitrogens with one attached hydrogen (secondary N) is 1. The van der Waals surface area contributed by atoms with E-state index in [4.69, 9.17) is 4.42 Å². The zero-order valence-electron chi connectivity index (χ0n) is 14.6. The second-order valence-corrected chi connectivity index (χ2v) is 6.17. The smallest absolute Gasteiger partial charge is 0.289 e. The molecule has 26 heavy (non-hydrogen) atoms. The number of hydrogen-bond donors (Lipinski definition) is 1. The number of carbonyl (C=O) groups excluding carboxylic acids is 3. The fourth-order valence-electron chi connectivity index (χ4n) is 2.84. The van der Waals surface area contributed by atoms with E-state index < -0.39 is 0 Å². The Morgan fingerprint density at radius 3 is 2.12 bits per heavy atom. The van der Waals surface area contributed by atoms with Crippen molar-refractivity contribution in [2.24, 2.45) is 0 Å². The molecule has 0 bridgehead atoms. The van der Waals surface area contributed by atoms with E-state index in [-0.39, 0.29) is 17.7 Å². The summed E-state index contributed by atoms with van der Waals surface area (Å²) in [6.45, 7) is 3.83. The SMILES string of the molecule is CC(=O)NCc1ccc(C(=O)N2CCN(C(=O)c3ccco3)CC2)cc1. The number of piperazine rings is 1. The summed E-state index contributed by atoms with van der Waals surface area (Å²) in [7, 11) is 0. The van der Waals surface area contributed by atoms with Crippen LogP contribution in [0.4, 0.5) is 0 Å². The van der Waals surface area contributed by atoms with Crippen LogP contribution < -0.4 is 5.32 Å². The monoisotopic (exact) mass is 355 g/mol. The Kier molecular flexibility index (Phi) is 5.36. The van der Waals surface area contributed by atoms with Gasteiger partial charge in [-0.3, -0.25) is 14.4 Å². The number of amides is 3. The minimum Gasteiger partial charge on any atom is -0.459 e. The Bertz CT molecular complexity index is 776. The van der Waals surface area contributed by atoms with Crippen molar-refractivity contribution in [1.29, 1.82) is 0 Å². The lowest BCUT2D eigenvalue weighted by atomic mass is 10.1. The van der Waals surface area contributed by atoms with Gasteiger partial charge in [0.15, 0.2) is 5.76 Å². The predicted molar refractivity (Wildman–Crippen MR) is 94.5 cm³/mol. The fraction of sp³-hybridized carbons (Fsp3) is 0.316. The minimum atomic E-state index is -0.149. The first kappa shape index (κ1) is 17.7. The van der Waals surface area contributed by atoms with Crippen LogP contribution in [0, 0.1) is 0 Å². The molecule has 1 fully saturated rings. The fourth-order valence-corrected chi connectivity index (χ4v) is 2.84. The summed E-state index contributed by atoms with van der Waals surface area (Å²) < 4.78 is 5.14. The van der Waals surface area contributed by atoms with Crippen molar-refractivity contribution in [2.45, 2.75) is 13.5 Å². The topological polar surface area (TPSA) is 82.9 Å². The normalized spacial score (nSPS) is 14.2. The lowest BCUT2D eigenvalue weighted by Gasteiger charge is -2.34. The zero-order valence-corrected chi connectivity index (χ0v) is 14.6. The molecule has 3 amide bonds. The quantitative estimate of drug-likeness (QED) is 0.901. The standard InChI is InChI=1S/C19H21N3O4/c1-14(23)20-13-15-4-6-16(7-5-15)18(24)21-8-10-22(11-9-21)19(25)17-3-2-12-26-17/h2-7,12H,8-11,13H2,1H3,(H,20,23). The molecule has 2 aromatic rings. The molecule has 0 radical (unpaired) electrons. The summed E-state index contributed by atoms with van der Waals surface area (Å²) in [6.07, 6.45) is 1.47. The van der Waals surface area contributed by atoms with E-state index in [0.29, 0.717) is 44.0 Å². The maximum atomic E-state index is 12.6. The van der Waals surface area contributed by atoms with Crippen LogP contribution >= 0.6 is 0 Å². The van der Waals surface area contributed by atoms with Crippen molar-refractivity contribution in [1.82, 2.24) is 15.1 Å². The van der Waals surface area contributed by atoms with Gasteiger partial charge in [0.2, 0.25) is 5.91 Å². The summed E-state index contributed by atoms with van der Waals surface area (Å²) in [5.74, 6) is 0.0252. The third-order valence-corrected chi connectivity index (χ3v) is 4.33. The van der Waals surface area contributed by atoms with Gasteiger partial charge in [0.1, 0.15) is 0 Å². The summed E-state index contributed by atoms with van der Waals surface area (Å²) in [5, 5.41) is 2.72. The maximum absolute atomic E-state index is 12.6. The minimum absolute atomic E-state index is 0.0545. The average Bonchev–Trinajstić information content (AvgIpc) is 3.20. The highest BCUT2D eigenvalue weighted by atomic mass is 16.3. The molecule has 7 heteroatoms. The van der Waals surface area contributed by atoms with E-state index in [1.165, 1.54) is 13.2 Å². The molecular weight excluding hydrogens is 334 g/mol. The van der Waals surface area contributed by atoms with Crippen LogP contribution in [0.5, 0.6) is 0 Å². The first-order valence-corrected chi connectivity index (χ1v) is 8.50. The molecule has 0 unspecified atom stereocenters. The second-order valence-electron chi connectivity index (χ2n) is 6.17. The summed E-state index contributed by atoms with van der Waals surface area (Å²) in [5.41, 5.74) is 1.54. The van der Waals surface area contributed by atoms with Crippen LogP contribution in [0.1, 0.15) is 33.4 Å². The number of nitrogens with zero attached hydrogens (tertiary/aromatic N) is 2. The van der Waals surface area contributed by atoms with Gasteiger partial charge < -0.3 is 19.5 Å². The predicted octanol–water partition coefficient (Wildman–Crippen LogP) is 1.51. The van der Waals surface area contributed by atoms with Gasteiger partial charge in [-0.1, -0.05) is 12.1 Å². The molecule has 1 aliphatic heterocycles. The largest absolute Gasteiger partial charge is 0.459 e. The molecule has 0 spiro atoms. The molecule has 2 heterocycles. The molecule has 1 aliphatic rings. The highest BCUT2D eigenvalue weighted by Crippen LogP contribution is 2.13. The number of carbonyl (C=O) groups is 3. The van der Waals surface area contributed by atoms with Crippen LogP contribution in [0.3, 0.4) is 0 Å². The van der Waals surface area contributed by atoms with Gasteiger partial charge in [0, 0.05) is 45.2 Å².